The molecule has 4 aliphatic heterocycles. The van der Waals surface area contributed by atoms with Crippen molar-refractivity contribution >= 4 is 52.3 Å². The van der Waals surface area contributed by atoms with Crippen LogP contribution in [-0.2, 0) is 140 Å². The van der Waals surface area contributed by atoms with Crippen molar-refractivity contribution in [2.75, 3.05) is 177 Å². The number of unbranched alkanes of at least 4 members (excludes halogenated alkanes) is 1. The van der Waals surface area contributed by atoms with Gasteiger partial charge in [-0.3, -0.25) is 24.0 Å². The number of anilines is 1. The lowest BCUT2D eigenvalue weighted by Crippen LogP contribution is -2.54. The Balaban J connectivity index is 0.641. The highest BCUT2D eigenvalue weighted by Gasteiger charge is 2.47. The number of aryl methyl sites for hydroxylation is 1. The number of para-hydroxylation sites is 1. The molecule has 1 aliphatic carbocycles. The molecule has 6 aromatic rings. The van der Waals surface area contributed by atoms with Gasteiger partial charge in [-0.15, -0.1) is 0 Å². The maximum Gasteiger partial charge on any atom is 0.407 e. The molecule has 35 heteroatoms. The predicted molar refractivity (Wildman–Crippen MR) is 439 cm³/mol. The third-order valence-electron chi connectivity index (χ3n) is 21.3. The molecular weight excluding hydrogens is 1610 g/mol. The molecule has 123 heavy (non-hydrogen) atoms. The first kappa shape index (κ1) is 94.2. The quantitative estimate of drug-likeness (QED) is 0.0150. The number of esters is 1. The summed E-state index contributed by atoms with van der Waals surface area (Å²) in [6.45, 7) is 10.7. The largest absolute Gasteiger partial charge is 0.462 e. The molecule has 4 aromatic carbocycles. The Morgan fingerprint density at radius 1 is 0.659 bits per heavy atom. The standard InChI is InChI=1S/C88H112FN7O27/c1-4-88(107)66-48-72-80-64(53-96(72)84(104)65(66)55-121-86(88)105)79-68(21-20-63-57(2)67(89)49-69(93-80)78(63)79)94-87(106)122-54-58-17-22-74(123-85-82(102)81(101)73(97)56-120-85)62(47-58)50-91-83(103)70(92-76(99)15-9-10-16-77(100)95-52-61-13-6-5-11-59(61)18-19-60-12-7-8-14-71(60)95)51-90-75(98)23-24-109-27-28-111-31-32-113-35-36-115-39-40-117-43-44-119-46-45-118-42-41-116-38-37-114-34-33-112-30-29-110-26-25-108-3/h5-8,11-14,17,22,47-49,68,70,73,81-82,85,97,101-102,107H,4,9-10,15-16,20-21,23-46,50-56H2,1-3H3,(H,90,98)(H,91,103)(H,92,99)(H,94,106)/t68-,70-,73+,81-,82+,85-,88-/m0/s1. The summed E-state index contributed by atoms with van der Waals surface area (Å²) in [5.74, 6) is 3.03. The van der Waals surface area contributed by atoms with Crippen molar-refractivity contribution in [2.24, 2.45) is 0 Å². The number of aliphatic hydroxyl groups excluding tert-OH is 3. The van der Waals surface area contributed by atoms with Gasteiger partial charge in [-0.2, -0.15) is 0 Å². The van der Waals surface area contributed by atoms with Crippen LogP contribution in [0.15, 0.2) is 83.7 Å². The zero-order valence-corrected chi connectivity index (χ0v) is 69.7. The molecule has 5 aliphatic rings. The molecule has 0 unspecified atom stereocenters. The smallest absolute Gasteiger partial charge is 0.407 e. The van der Waals surface area contributed by atoms with Crippen LogP contribution in [0.1, 0.15) is 119 Å². The van der Waals surface area contributed by atoms with Crippen LogP contribution in [0.25, 0.3) is 22.3 Å². The Hall–Kier alpha value is -9.53. The fourth-order valence-corrected chi connectivity index (χ4v) is 14.6. The third-order valence-corrected chi connectivity index (χ3v) is 21.3. The number of carbonyl (C=O) groups is 6. The van der Waals surface area contributed by atoms with Gasteiger partial charge in [-0.05, 0) is 103 Å². The van der Waals surface area contributed by atoms with E-state index in [1.54, 1.807) is 31.9 Å². The van der Waals surface area contributed by atoms with Crippen molar-refractivity contribution in [1.29, 1.82) is 0 Å². The highest BCUT2D eigenvalue weighted by atomic mass is 19.1. The van der Waals surface area contributed by atoms with Gasteiger partial charge in [0.15, 0.2) is 5.60 Å². The van der Waals surface area contributed by atoms with Gasteiger partial charge in [-0.25, -0.2) is 19.0 Å². The van der Waals surface area contributed by atoms with Gasteiger partial charge in [0.1, 0.15) is 49.1 Å². The van der Waals surface area contributed by atoms with Gasteiger partial charge < -0.3 is 127 Å². The van der Waals surface area contributed by atoms with Crippen molar-refractivity contribution in [3.63, 3.8) is 0 Å². The highest BCUT2D eigenvalue weighted by molar-refractivity contribution is 5.96. The van der Waals surface area contributed by atoms with E-state index in [2.05, 4.69) is 33.1 Å². The lowest BCUT2D eigenvalue weighted by molar-refractivity contribution is -0.242. The van der Waals surface area contributed by atoms with Crippen molar-refractivity contribution in [1.82, 2.24) is 30.8 Å². The van der Waals surface area contributed by atoms with Crippen LogP contribution >= 0.6 is 0 Å². The average molecular weight is 1720 g/mol. The van der Waals surface area contributed by atoms with E-state index in [1.807, 2.05) is 48.5 Å². The van der Waals surface area contributed by atoms with Crippen LogP contribution in [0, 0.1) is 24.6 Å². The number of nitrogens with one attached hydrogen (secondary N) is 4. The predicted octanol–water partition coefficient (Wildman–Crippen LogP) is 4.20. The van der Waals surface area contributed by atoms with E-state index < -0.39 is 90.1 Å². The van der Waals surface area contributed by atoms with E-state index in [-0.39, 0.29) is 138 Å². The van der Waals surface area contributed by atoms with Gasteiger partial charge in [0.05, 0.1) is 206 Å². The molecule has 668 valence electrons. The molecule has 34 nitrogen and oxygen atoms in total. The van der Waals surface area contributed by atoms with E-state index in [0.29, 0.717) is 194 Å². The van der Waals surface area contributed by atoms with Gasteiger partial charge in [0.2, 0.25) is 29.9 Å². The second-order valence-electron chi connectivity index (χ2n) is 29.7. The molecular formula is C88H112FN7O27. The van der Waals surface area contributed by atoms with Crippen LogP contribution in [0.5, 0.6) is 5.75 Å². The number of hydrogen-bond donors (Lipinski definition) is 8. The van der Waals surface area contributed by atoms with Crippen molar-refractivity contribution in [3.05, 3.63) is 156 Å². The number of nitrogens with zero attached hydrogens (tertiary/aromatic N) is 3. The summed E-state index contributed by atoms with van der Waals surface area (Å²) in [6.07, 6.45) is -6.28. The molecule has 5 amide bonds. The Bertz CT molecular complexity index is 4660. The molecule has 1 saturated heterocycles. The van der Waals surface area contributed by atoms with Crippen molar-refractivity contribution < 1.29 is 129 Å². The van der Waals surface area contributed by atoms with E-state index in [0.717, 1.165) is 11.1 Å². The molecule has 0 spiro atoms. The van der Waals surface area contributed by atoms with Crippen LogP contribution in [0.4, 0.5) is 14.9 Å². The first-order valence-electron chi connectivity index (χ1n) is 41.7. The Morgan fingerprint density at radius 2 is 1.24 bits per heavy atom. The van der Waals surface area contributed by atoms with Crippen LogP contribution in [0.3, 0.4) is 0 Å². The van der Waals surface area contributed by atoms with Crippen molar-refractivity contribution in [3.8, 4) is 29.0 Å². The van der Waals surface area contributed by atoms with Crippen LogP contribution < -0.4 is 36.5 Å². The Morgan fingerprint density at radius 3 is 1.87 bits per heavy atom. The highest BCUT2D eigenvalue weighted by Crippen LogP contribution is 2.46. The summed E-state index contributed by atoms with van der Waals surface area (Å²) in [7, 11) is 1.63. The summed E-state index contributed by atoms with van der Waals surface area (Å²) in [5.41, 5.74) is 4.31. The maximum atomic E-state index is 15.8. The number of carbonyl (C=O) groups excluding carboxylic acids is 6. The minimum absolute atomic E-state index is 0.00729. The number of rotatable bonds is 53. The van der Waals surface area contributed by atoms with Crippen LogP contribution in [0.2, 0.25) is 0 Å². The third kappa shape index (κ3) is 26.5. The average Bonchev–Trinajstić information content (AvgIpc) is 1.61. The molecule has 0 radical (unpaired) electrons. The molecule has 6 heterocycles. The van der Waals surface area contributed by atoms with Gasteiger partial charge in [0, 0.05) is 78.7 Å². The normalized spacial score (nSPS) is 18.2. The van der Waals surface area contributed by atoms with Crippen molar-refractivity contribution in [2.45, 2.75) is 140 Å². The zero-order chi connectivity index (χ0) is 86.9. The number of aliphatic hydroxyl groups is 4. The Labute approximate surface area is 712 Å². The molecule has 0 saturated carbocycles. The number of fused-ring (bicyclic) bond motifs is 7. The van der Waals surface area contributed by atoms with Crippen LogP contribution in [-0.4, -0.2) is 269 Å². The number of methoxy groups -OCH3 is 1. The number of benzene rings is 4. The summed E-state index contributed by atoms with van der Waals surface area (Å²) in [5, 5.41) is 55.3. The lowest BCUT2D eigenvalue weighted by Gasteiger charge is -2.35. The van der Waals surface area contributed by atoms with Gasteiger partial charge in [-0.1, -0.05) is 55.2 Å². The Kier molecular flexibility index (Phi) is 37.2. The monoisotopic (exact) mass is 1720 g/mol. The van der Waals surface area contributed by atoms with E-state index in [1.165, 1.54) is 28.8 Å². The summed E-state index contributed by atoms with van der Waals surface area (Å²) in [6, 6.07) is 20.2. The van der Waals surface area contributed by atoms with E-state index in [9.17, 15) is 54.0 Å². The number of pyridine rings is 2. The topological polar surface area (TPSA) is 417 Å². The fraction of sp³-hybridized carbons (Fsp3) is 0.545. The molecule has 1 fully saturated rings. The molecule has 0 bridgehead atoms. The summed E-state index contributed by atoms with van der Waals surface area (Å²) >= 11 is 0. The maximum absolute atomic E-state index is 15.8. The first-order chi connectivity index (χ1) is 59.8. The molecule has 7 atom stereocenters. The second kappa shape index (κ2) is 48.7. The number of aromatic nitrogens is 2. The van der Waals surface area contributed by atoms with E-state index >= 15 is 4.39 Å². The minimum Gasteiger partial charge on any atom is -0.462 e. The number of hydrogen-bond acceptors (Lipinski definition) is 28. The number of halogens is 1. The number of alkyl carbamates (subject to hydrolysis) is 1. The van der Waals surface area contributed by atoms with Gasteiger partial charge in [0.25, 0.3) is 5.56 Å². The number of cyclic esters (lactones) is 1. The molecule has 8 N–H and O–H groups in total. The zero-order valence-electron chi connectivity index (χ0n) is 69.7. The van der Waals surface area contributed by atoms with E-state index in [4.69, 9.17) is 80.8 Å². The lowest BCUT2D eigenvalue weighted by atomic mass is 9.81. The SMILES string of the molecule is CC[C@@]1(O)C(=O)OCc2c1cc1n(c2=O)Cc2c-1nc1cc(F)c(C)c3c1c2[C@@H](NC(=O)OCc1ccc(O[C@@H]2OC[C@@H](O)[C@H](O)[C@H]2O)c(CNC(=O)[C@H](CNC(=O)CCOCCOCCOCCOCCOCCOCCOCCOCCOCCOCCOCCOC)NC(=O)CCCCC(=O)N2Cc4ccccc4C#Cc4ccccc42)c1)CC3. The molecule has 11 rings (SSSR count). The first-order valence-corrected chi connectivity index (χ1v) is 41.7. The summed E-state index contributed by atoms with van der Waals surface area (Å²) < 4.78 is 106. The second-order valence-corrected chi connectivity index (χ2v) is 29.7. The summed E-state index contributed by atoms with van der Waals surface area (Å²) in [4.78, 5) is 104. The minimum atomic E-state index is -2.11. The number of ether oxygens (including phenoxy) is 16. The fourth-order valence-electron chi connectivity index (χ4n) is 14.6. The molecule has 2 aromatic heterocycles. The number of amides is 5. The van der Waals surface area contributed by atoms with Gasteiger partial charge >= 0.3 is 12.1 Å².